The first kappa shape index (κ1) is 22.2. The number of hydrogen-bond acceptors (Lipinski definition) is 6. The maximum absolute atomic E-state index is 13.1. The fraction of sp³-hybridized carbons (Fsp3) is 0.400. The lowest BCUT2D eigenvalue weighted by Crippen LogP contribution is -2.60. The molecule has 2 saturated heterocycles. The van der Waals surface area contributed by atoms with Gasteiger partial charge in [0.1, 0.15) is 10.8 Å². The molecule has 0 bridgehead atoms. The lowest BCUT2D eigenvalue weighted by Gasteiger charge is -2.43. The topological polar surface area (TPSA) is 107 Å². The smallest absolute Gasteiger partial charge is 0.323 e. The van der Waals surface area contributed by atoms with Gasteiger partial charge < -0.3 is 10.0 Å². The van der Waals surface area contributed by atoms with Crippen molar-refractivity contribution in [3.8, 4) is 0 Å². The van der Waals surface area contributed by atoms with Crippen LogP contribution < -0.4 is 5.32 Å². The molecule has 2 aromatic rings. The molecule has 0 aliphatic carbocycles. The van der Waals surface area contributed by atoms with E-state index in [-0.39, 0.29) is 23.2 Å². The molecule has 1 atom stereocenters. The maximum Gasteiger partial charge on any atom is 0.323 e. The molecule has 1 aromatic carbocycles. The highest BCUT2D eigenvalue weighted by atomic mass is 35.5. The molecule has 2 fully saturated rings. The van der Waals surface area contributed by atoms with Crippen LogP contribution in [0.1, 0.15) is 18.4 Å². The number of carboxylic acid groups (broad SMARTS) is 1. The first-order valence-electron chi connectivity index (χ1n) is 9.82. The Morgan fingerprint density at radius 2 is 1.87 bits per heavy atom. The van der Waals surface area contributed by atoms with Gasteiger partial charge in [0.05, 0.1) is 16.0 Å². The summed E-state index contributed by atoms with van der Waals surface area (Å²) in [7, 11) is -3.68. The molecule has 1 unspecified atom stereocenters. The number of nitrogens with zero attached hydrogens (tertiary/aromatic N) is 2. The van der Waals surface area contributed by atoms with Crippen LogP contribution >= 0.6 is 22.9 Å². The van der Waals surface area contributed by atoms with E-state index in [1.807, 2.05) is 30.3 Å². The molecule has 2 aliphatic heterocycles. The fourth-order valence-corrected chi connectivity index (χ4v) is 7.37. The Balaban J connectivity index is 1.54. The van der Waals surface area contributed by atoms with E-state index in [2.05, 4.69) is 5.32 Å². The number of nitrogens with one attached hydrogen (secondary N) is 1. The number of sulfonamides is 1. The summed E-state index contributed by atoms with van der Waals surface area (Å²) in [5.41, 5.74) is 0.0869. The Morgan fingerprint density at radius 1 is 1.19 bits per heavy atom. The lowest BCUT2D eigenvalue weighted by molar-refractivity contribution is -0.147. The summed E-state index contributed by atoms with van der Waals surface area (Å²) in [5, 5.41) is 12.7. The van der Waals surface area contributed by atoms with E-state index >= 15 is 0 Å². The molecule has 0 saturated carbocycles. The van der Waals surface area contributed by atoms with Crippen molar-refractivity contribution in [1.29, 1.82) is 0 Å². The molecular formula is C20H22ClN3O5S2. The molecule has 31 heavy (non-hydrogen) atoms. The predicted molar refractivity (Wildman–Crippen MR) is 116 cm³/mol. The van der Waals surface area contributed by atoms with Crippen molar-refractivity contribution in [2.45, 2.75) is 35.2 Å². The van der Waals surface area contributed by atoms with E-state index in [4.69, 9.17) is 11.6 Å². The normalized spacial score (nSPS) is 21.6. The second-order valence-corrected chi connectivity index (χ2v) is 11.6. The van der Waals surface area contributed by atoms with Gasteiger partial charge in [0.15, 0.2) is 0 Å². The highest BCUT2D eigenvalue weighted by molar-refractivity contribution is 7.91. The van der Waals surface area contributed by atoms with Gasteiger partial charge in [0.2, 0.25) is 5.91 Å². The van der Waals surface area contributed by atoms with Crippen molar-refractivity contribution in [3.05, 3.63) is 52.4 Å². The van der Waals surface area contributed by atoms with Gasteiger partial charge in [-0.3, -0.25) is 14.9 Å². The molecule has 11 heteroatoms. The second-order valence-electron chi connectivity index (χ2n) is 7.70. The van der Waals surface area contributed by atoms with E-state index in [0.29, 0.717) is 23.6 Å². The number of amides is 1. The van der Waals surface area contributed by atoms with Crippen molar-refractivity contribution in [1.82, 2.24) is 14.5 Å². The average Bonchev–Trinajstić information content (AvgIpc) is 3.27. The number of rotatable bonds is 6. The van der Waals surface area contributed by atoms with Crippen molar-refractivity contribution >= 4 is 44.8 Å². The summed E-state index contributed by atoms with van der Waals surface area (Å²) in [6.45, 7) is -0.0803. The van der Waals surface area contributed by atoms with E-state index < -0.39 is 34.2 Å². The molecule has 8 nitrogen and oxygen atoms in total. The van der Waals surface area contributed by atoms with E-state index in [1.165, 1.54) is 15.3 Å². The van der Waals surface area contributed by atoms with Gasteiger partial charge in [-0.2, -0.15) is 4.31 Å². The van der Waals surface area contributed by atoms with Gasteiger partial charge in [-0.15, -0.1) is 11.3 Å². The highest BCUT2D eigenvalue weighted by Crippen LogP contribution is 2.36. The number of carbonyl (C=O) groups excluding carboxylic acids is 1. The molecule has 2 aliphatic rings. The van der Waals surface area contributed by atoms with E-state index in [9.17, 15) is 23.1 Å². The largest absolute Gasteiger partial charge is 0.480 e. The van der Waals surface area contributed by atoms with Crippen molar-refractivity contribution in [3.63, 3.8) is 0 Å². The van der Waals surface area contributed by atoms with Gasteiger partial charge in [-0.25, -0.2) is 8.42 Å². The van der Waals surface area contributed by atoms with Gasteiger partial charge in [0, 0.05) is 13.1 Å². The van der Waals surface area contributed by atoms with Crippen molar-refractivity contribution in [2.75, 3.05) is 19.6 Å². The van der Waals surface area contributed by atoms with Crippen LogP contribution in [0.4, 0.5) is 0 Å². The molecule has 1 spiro atoms. The minimum Gasteiger partial charge on any atom is -0.480 e. The molecule has 1 amide bonds. The van der Waals surface area contributed by atoms with Crippen LogP contribution in [0.25, 0.3) is 0 Å². The quantitative estimate of drug-likeness (QED) is 0.651. The number of hydrogen-bond donors (Lipinski definition) is 2. The molecule has 3 heterocycles. The Morgan fingerprint density at radius 3 is 2.45 bits per heavy atom. The van der Waals surface area contributed by atoms with E-state index in [1.54, 1.807) is 6.07 Å². The zero-order valence-corrected chi connectivity index (χ0v) is 18.9. The van der Waals surface area contributed by atoms with E-state index in [0.717, 1.165) is 16.9 Å². The Labute approximate surface area is 189 Å². The third-order valence-corrected chi connectivity index (χ3v) is 9.39. The van der Waals surface area contributed by atoms with Crippen LogP contribution in [-0.2, 0) is 26.0 Å². The van der Waals surface area contributed by atoms with Gasteiger partial charge >= 0.3 is 5.97 Å². The first-order valence-corrected chi connectivity index (χ1v) is 12.5. The van der Waals surface area contributed by atoms with Crippen LogP contribution in [0, 0.1) is 0 Å². The zero-order chi connectivity index (χ0) is 22.2. The maximum atomic E-state index is 13.1. The summed E-state index contributed by atoms with van der Waals surface area (Å²) < 4.78 is 27.8. The highest BCUT2D eigenvalue weighted by Gasteiger charge is 2.53. The summed E-state index contributed by atoms with van der Waals surface area (Å²) in [6, 6.07) is 12.0. The van der Waals surface area contributed by atoms with Gasteiger partial charge in [-0.1, -0.05) is 41.9 Å². The monoisotopic (exact) mass is 483 g/mol. The van der Waals surface area contributed by atoms with Crippen molar-refractivity contribution < 1.29 is 23.1 Å². The van der Waals surface area contributed by atoms with Gasteiger partial charge in [0.25, 0.3) is 10.0 Å². The summed E-state index contributed by atoms with van der Waals surface area (Å²) in [4.78, 5) is 25.9. The number of thiophene rings is 1. The van der Waals surface area contributed by atoms with Crippen molar-refractivity contribution in [2.24, 2.45) is 0 Å². The minimum absolute atomic E-state index is 0.173. The molecule has 0 radical (unpaired) electrons. The lowest BCUT2D eigenvalue weighted by atomic mass is 9.97. The summed E-state index contributed by atoms with van der Waals surface area (Å²) in [6.07, 6.45) is 1.04. The number of benzene rings is 1. The first-order chi connectivity index (χ1) is 14.7. The third kappa shape index (κ3) is 4.35. The summed E-state index contributed by atoms with van der Waals surface area (Å²) in [5.74, 6) is -1.37. The average molecular weight is 484 g/mol. The fourth-order valence-electron chi connectivity index (χ4n) is 4.29. The SMILES string of the molecule is O=C(O)CN1C(=O)C(Cc2ccccc2)NC12CCN(S(=O)(=O)c1ccc(Cl)s1)CC2. The molecule has 166 valence electrons. The summed E-state index contributed by atoms with van der Waals surface area (Å²) >= 11 is 6.90. The minimum atomic E-state index is -3.68. The van der Waals surface area contributed by atoms with Crippen LogP contribution in [0.5, 0.6) is 0 Å². The number of halogens is 1. The predicted octanol–water partition coefficient (Wildman–Crippen LogP) is 2.01. The third-order valence-electron chi connectivity index (χ3n) is 5.79. The van der Waals surface area contributed by atoms with Gasteiger partial charge in [-0.05, 0) is 37.0 Å². The number of carboxylic acids is 1. The Hall–Kier alpha value is -1.98. The number of aliphatic carboxylic acids is 1. The standard InChI is InChI=1S/C20H22ClN3O5S2/c21-16-6-7-18(30-16)31(28,29)23-10-8-20(9-11-23)22-15(12-14-4-2-1-3-5-14)19(27)24(20)13-17(25)26/h1-7,15,22H,8-13H2,(H,25,26). The number of piperidine rings is 1. The Kier molecular flexibility index (Phi) is 6.10. The zero-order valence-electron chi connectivity index (χ0n) is 16.5. The number of carbonyl (C=O) groups is 2. The Bertz CT molecular complexity index is 1080. The molecule has 4 rings (SSSR count). The molecule has 1 aromatic heterocycles. The van der Waals surface area contributed by atoms with Crippen LogP contribution in [0.15, 0.2) is 46.7 Å². The molecule has 2 N–H and O–H groups in total. The van der Waals surface area contributed by atoms with Crippen LogP contribution in [0.3, 0.4) is 0 Å². The van der Waals surface area contributed by atoms with Crippen LogP contribution in [-0.4, -0.2) is 65.9 Å². The second kappa shape index (κ2) is 8.51. The molecular weight excluding hydrogens is 462 g/mol. The van der Waals surface area contributed by atoms with Crippen LogP contribution in [0.2, 0.25) is 4.34 Å².